The normalized spacial score (nSPS) is 12.4. The summed E-state index contributed by atoms with van der Waals surface area (Å²) >= 11 is 0. The van der Waals surface area contributed by atoms with Crippen molar-refractivity contribution in [3.05, 3.63) is 54.1 Å². The lowest BCUT2D eigenvalue weighted by Crippen LogP contribution is -2.22. The minimum atomic E-state index is -4.44. The molecule has 0 radical (unpaired) electrons. The van der Waals surface area contributed by atoms with E-state index in [-0.39, 0.29) is 24.4 Å². The third kappa shape index (κ3) is 7.79. The van der Waals surface area contributed by atoms with Crippen LogP contribution >= 0.6 is 0 Å². The van der Waals surface area contributed by atoms with Crippen LogP contribution in [-0.2, 0) is 15.7 Å². The summed E-state index contributed by atoms with van der Waals surface area (Å²) in [7, 11) is 0. The number of halogens is 3. The van der Waals surface area contributed by atoms with E-state index in [1.54, 1.807) is 24.3 Å². The zero-order valence-corrected chi connectivity index (χ0v) is 21.3. The molecule has 3 aromatic rings. The van der Waals surface area contributed by atoms with Crippen molar-refractivity contribution >= 4 is 11.6 Å². The summed E-state index contributed by atoms with van der Waals surface area (Å²) in [5.41, 5.74) is 0.949. The number of carbonyl (C=O) groups excluding carboxylic acids is 1. The predicted octanol–water partition coefficient (Wildman–Crippen LogP) is 6.52. The molecule has 7 nitrogen and oxygen atoms in total. The zero-order valence-electron chi connectivity index (χ0n) is 21.3. The quantitative estimate of drug-likeness (QED) is 0.261. The maximum absolute atomic E-state index is 13.0. The van der Waals surface area contributed by atoms with E-state index >= 15 is 0 Å². The van der Waals surface area contributed by atoms with Gasteiger partial charge in [0.2, 0.25) is 5.91 Å². The Morgan fingerprint density at radius 1 is 1.03 bits per heavy atom. The Balaban J connectivity index is 1.85. The fourth-order valence-electron chi connectivity index (χ4n) is 3.77. The van der Waals surface area contributed by atoms with Crippen LogP contribution in [-0.4, -0.2) is 40.5 Å². The van der Waals surface area contributed by atoms with Gasteiger partial charge >= 0.3 is 12.2 Å². The molecule has 3 rings (SSSR count). The van der Waals surface area contributed by atoms with Crippen molar-refractivity contribution in [3.8, 4) is 23.1 Å². The van der Waals surface area contributed by atoms with Crippen molar-refractivity contribution < 1.29 is 27.4 Å². The Kier molecular flexibility index (Phi) is 10.1. The van der Waals surface area contributed by atoms with Gasteiger partial charge in [0.1, 0.15) is 6.61 Å². The molecular weight excluding hydrogens is 485 g/mol. The van der Waals surface area contributed by atoms with Crippen LogP contribution in [0.25, 0.3) is 17.1 Å². The van der Waals surface area contributed by atoms with Gasteiger partial charge in [0.05, 0.1) is 17.9 Å². The predicted molar refractivity (Wildman–Crippen MR) is 136 cm³/mol. The average molecular weight is 519 g/mol. The van der Waals surface area contributed by atoms with E-state index in [0.717, 1.165) is 37.8 Å². The van der Waals surface area contributed by atoms with Crippen LogP contribution in [0.2, 0.25) is 0 Å². The molecule has 0 saturated carbocycles. The number of anilines is 1. The van der Waals surface area contributed by atoms with Crippen molar-refractivity contribution in [2.45, 2.75) is 52.6 Å². The van der Waals surface area contributed by atoms with Gasteiger partial charge in [-0.3, -0.25) is 4.79 Å². The third-order valence-electron chi connectivity index (χ3n) is 5.87. The van der Waals surface area contributed by atoms with Gasteiger partial charge in [-0.25, -0.2) is 4.68 Å². The number of unbranched alkanes of at least 4 members (excludes halogenated alkanes) is 1. The highest BCUT2D eigenvalue weighted by Gasteiger charge is 2.30. The molecule has 0 saturated heterocycles. The number of benzene rings is 2. The molecule has 0 aliphatic heterocycles. The monoisotopic (exact) mass is 518 g/mol. The Morgan fingerprint density at radius 2 is 1.73 bits per heavy atom. The number of alkyl halides is 3. The molecule has 0 fully saturated rings. The molecule has 1 N–H and O–H groups in total. The van der Waals surface area contributed by atoms with Crippen molar-refractivity contribution in [1.29, 1.82) is 0 Å². The fraction of sp³-hybridized carbons (Fsp3) is 0.444. The first-order valence-electron chi connectivity index (χ1n) is 12.5. The highest BCUT2D eigenvalue weighted by Crippen LogP contribution is 2.31. The van der Waals surface area contributed by atoms with Crippen molar-refractivity contribution in [2.24, 2.45) is 5.92 Å². The summed E-state index contributed by atoms with van der Waals surface area (Å²) in [5, 5.41) is 7.37. The smallest absolute Gasteiger partial charge is 0.416 e. The molecule has 10 heteroatoms. The van der Waals surface area contributed by atoms with Gasteiger partial charge in [-0.05, 0) is 56.2 Å². The Bertz CT molecular complexity index is 1130. The number of hydrogen-bond acceptors (Lipinski definition) is 5. The highest BCUT2D eigenvalue weighted by molar-refractivity contribution is 5.92. The van der Waals surface area contributed by atoms with Gasteiger partial charge in [0, 0.05) is 23.8 Å². The highest BCUT2D eigenvalue weighted by atomic mass is 19.4. The number of nitrogens with one attached hydrogen (secondary N) is 1. The van der Waals surface area contributed by atoms with Crippen molar-refractivity contribution in [1.82, 2.24) is 14.8 Å². The minimum absolute atomic E-state index is 0.0140. The number of carbonyl (C=O) groups is 1. The van der Waals surface area contributed by atoms with Crippen LogP contribution in [0.4, 0.5) is 18.9 Å². The fourth-order valence-corrected chi connectivity index (χ4v) is 3.77. The summed E-state index contributed by atoms with van der Waals surface area (Å²) in [5.74, 6) is 0.264. The maximum Gasteiger partial charge on any atom is 0.416 e. The van der Waals surface area contributed by atoms with Crippen molar-refractivity contribution in [2.75, 3.05) is 25.1 Å². The first kappa shape index (κ1) is 28.2. The Morgan fingerprint density at radius 3 is 2.32 bits per heavy atom. The first-order chi connectivity index (χ1) is 17.8. The first-order valence-corrected chi connectivity index (χ1v) is 12.5. The molecule has 200 valence electrons. The van der Waals surface area contributed by atoms with Crippen LogP contribution in [0.3, 0.4) is 0 Å². The summed E-state index contributed by atoms with van der Waals surface area (Å²) in [6.07, 6.45) is -0.787. The molecule has 1 aromatic heterocycles. The number of nitrogens with zero attached hydrogens (tertiary/aromatic N) is 3. The summed E-state index contributed by atoms with van der Waals surface area (Å²) in [6.45, 7) is 7.10. The van der Waals surface area contributed by atoms with Crippen molar-refractivity contribution in [3.63, 3.8) is 0 Å². The molecule has 0 aliphatic rings. The Labute approximate surface area is 215 Å². The van der Waals surface area contributed by atoms with Crippen LogP contribution in [0.1, 0.15) is 52.0 Å². The van der Waals surface area contributed by atoms with Gasteiger partial charge in [-0.1, -0.05) is 38.8 Å². The molecule has 0 bridgehead atoms. The SMILES string of the molecule is CCCC[C@@H](CC)C(=O)Nc1ccc(-n2nc(OCCOCC)nc2-c2ccc(C(F)(F)F)cc2)cc1. The number of ether oxygens (including phenoxy) is 2. The molecular formula is C27H33F3N4O3. The molecule has 1 heterocycles. The van der Waals surface area contributed by atoms with Gasteiger partial charge in [0.15, 0.2) is 5.82 Å². The number of hydrogen-bond donors (Lipinski definition) is 1. The van der Waals surface area contributed by atoms with Gasteiger partial charge in [0.25, 0.3) is 0 Å². The molecule has 37 heavy (non-hydrogen) atoms. The lowest BCUT2D eigenvalue weighted by molar-refractivity contribution is -0.137. The zero-order chi connectivity index (χ0) is 26.8. The molecule has 1 amide bonds. The topological polar surface area (TPSA) is 78.3 Å². The van der Waals surface area contributed by atoms with Crippen LogP contribution in [0, 0.1) is 5.92 Å². The number of amides is 1. The lowest BCUT2D eigenvalue weighted by atomic mass is 9.98. The van der Waals surface area contributed by atoms with E-state index in [2.05, 4.69) is 22.3 Å². The second-order valence-corrected chi connectivity index (χ2v) is 8.53. The standard InChI is InChI=1S/C27H33F3N4O3/c1-4-7-8-19(5-2)25(35)31-22-13-15-23(16-14-22)34-24(32-26(33-34)37-18-17-36-6-3)20-9-11-21(12-10-20)27(28,29)30/h9-16,19H,4-8,17-18H2,1-3H3,(H,31,35)/t19-/m1/s1. The molecule has 0 aliphatic carbocycles. The van der Waals surface area contributed by atoms with Crippen LogP contribution < -0.4 is 10.1 Å². The van der Waals surface area contributed by atoms with E-state index in [4.69, 9.17) is 9.47 Å². The second kappa shape index (κ2) is 13.2. The molecule has 2 aromatic carbocycles. The van der Waals surface area contributed by atoms with E-state index in [1.807, 2.05) is 13.8 Å². The minimum Gasteiger partial charge on any atom is -0.460 e. The van der Waals surface area contributed by atoms with Crippen LogP contribution in [0.5, 0.6) is 6.01 Å². The van der Waals surface area contributed by atoms with Gasteiger partial charge < -0.3 is 14.8 Å². The average Bonchev–Trinajstić information content (AvgIpc) is 3.31. The lowest BCUT2D eigenvalue weighted by Gasteiger charge is -2.15. The molecule has 1 atom stereocenters. The number of rotatable bonds is 13. The van der Waals surface area contributed by atoms with E-state index in [1.165, 1.54) is 16.8 Å². The van der Waals surface area contributed by atoms with Crippen LogP contribution in [0.15, 0.2) is 48.5 Å². The Hall–Kier alpha value is -3.40. The summed E-state index contributed by atoms with van der Waals surface area (Å²) in [4.78, 5) is 17.0. The van der Waals surface area contributed by atoms with Gasteiger partial charge in [-0.2, -0.15) is 18.2 Å². The largest absolute Gasteiger partial charge is 0.460 e. The summed E-state index contributed by atoms with van der Waals surface area (Å²) in [6, 6.07) is 11.8. The van der Waals surface area contributed by atoms with E-state index in [0.29, 0.717) is 36.0 Å². The molecule has 0 unspecified atom stereocenters. The molecule has 0 spiro atoms. The summed E-state index contributed by atoms with van der Waals surface area (Å²) < 4.78 is 51.5. The second-order valence-electron chi connectivity index (χ2n) is 8.53. The van der Waals surface area contributed by atoms with E-state index in [9.17, 15) is 18.0 Å². The third-order valence-corrected chi connectivity index (χ3v) is 5.87. The number of aromatic nitrogens is 3. The van der Waals surface area contributed by atoms with E-state index < -0.39 is 11.7 Å². The van der Waals surface area contributed by atoms with Gasteiger partial charge in [-0.15, -0.1) is 5.10 Å². The maximum atomic E-state index is 13.0.